The van der Waals surface area contributed by atoms with Crippen LogP contribution in [0.2, 0.25) is 0 Å². The third kappa shape index (κ3) is 2.76. The lowest BCUT2D eigenvalue weighted by Crippen LogP contribution is -2.45. The predicted molar refractivity (Wildman–Crippen MR) is 63.7 cm³/mol. The van der Waals surface area contributed by atoms with Gasteiger partial charge in [-0.3, -0.25) is 9.59 Å². The third-order valence-electron chi connectivity index (χ3n) is 4.18. The fraction of sp³-hybridized carbons (Fsp3) is 0.846. The number of ether oxygens (including phenoxy) is 2. The number of carbonyl (C=O) groups is 2. The molecule has 1 atom stereocenters. The van der Waals surface area contributed by atoms with Crippen molar-refractivity contribution in [2.75, 3.05) is 6.61 Å². The molecule has 0 aliphatic carbocycles. The van der Waals surface area contributed by atoms with Crippen LogP contribution in [0.3, 0.4) is 0 Å². The summed E-state index contributed by atoms with van der Waals surface area (Å²) >= 11 is 0. The number of carbonyl (C=O) groups excluding carboxylic acids is 2. The summed E-state index contributed by atoms with van der Waals surface area (Å²) in [4.78, 5) is 23.7. The molecule has 1 unspecified atom stereocenters. The van der Waals surface area contributed by atoms with Crippen molar-refractivity contribution in [1.82, 2.24) is 0 Å². The maximum atomic E-state index is 12.1. The minimum Gasteiger partial charge on any atom is -0.458 e. The van der Waals surface area contributed by atoms with Crippen LogP contribution in [0.4, 0.5) is 13.2 Å². The SMILES string of the molecule is CCC1(CC)OC(=O)C(C(=O)OCC(F)(F)F)C1(C)C. The van der Waals surface area contributed by atoms with Crippen LogP contribution in [-0.4, -0.2) is 30.3 Å². The third-order valence-corrected chi connectivity index (χ3v) is 4.18. The van der Waals surface area contributed by atoms with Gasteiger partial charge < -0.3 is 9.47 Å². The van der Waals surface area contributed by atoms with Gasteiger partial charge in [0.2, 0.25) is 0 Å². The highest BCUT2D eigenvalue weighted by Crippen LogP contribution is 2.51. The molecule has 0 amide bonds. The monoisotopic (exact) mass is 296 g/mol. The molecule has 0 saturated carbocycles. The van der Waals surface area contributed by atoms with E-state index in [0.29, 0.717) is 12.8 Å². The lowest BCUT2D eigenvalue weighted by molar-refractivity contribution is -0.191. The number of rotatable bonds is 4. The molecule has 1 heterocycles. The molecule has 116 valence electrons. The fourth-order valence-electron chi connectivity index (χ4n) is 2.87. The Hall–Kier alpha value is -1.27. The number of alkyl halides is 3. The van der Waals surface area contributed by atoms with E-state index in [1.807, 2.05) is 13.8 Å². The van der Waals surface area contributed by atoms with Crippen LogP contribution in [0.5, 0.6) is 0 Å². The lowest BCUT2D eigenvalue weighted by atomic mass is 9.66. The lowest BCUT2D eigenvalue weighted by Gasteiger charge is -2.38. The molecular formula is C13H19F3O4. The average Bonchev–Trinajstić information content (AvgIpc) is 2.52. The molecule has 0 aromatic rings. The van der Waals surface area contributed by atoms with Crippen molar-refractivity contribution in [3.05, 3.63) is 0 Å². The zero-order valence-corrected chi connectivity index (χ0v) is 12.0. The second-order valence-corrected chi connectivity index (χ2v) is 5.50. The van der Waals surface area contributed by atoms with Gasteiger partial charge in [-0.2, -0.15) is 13.2 Å². The van der Waals surface area contributed by atoms with Crippen LogP contribution in [0, 0.1) is 11.3 Å². The largest absolute Gasteiger partial charge is 0.458 e. The first kappa shape index (κ1) is 16.8. The smallest absolute Gasteiger partial charge is 0.422 e. The number of hydrogen-bond acceptors (Lipinski definition) is 4. The van der Waals surface area contributed by atoms with Gasteiger partial charge in [-0.25, -0.2) is 0 Å². The zero-order valence-electron chi connectivity index (χ0n) is 12.0. The van der Waals surface area contributed by atoms with E-state index >= 15 is 0 Å². The molecular weight excluding hydrogens is 277 g/mol. The molecule has 1 rings (SSSR count). The zero-order chi connectivity index (χ0) is 15.8. The fourth-order valence-corrected chi connectivity index (χ4v) is 2.87. The van der Waals surface area contributed by atoms with Crippen molar-refractivity contribution in [3.63, 3.8) is 0 Å². The Morgan fingerprint density at radius 1 is 1.30 bits per heavy atom. The summed E-state index contributed by atoms with van der Waals surface area (Å²) in [6.07, 6.45) is -3.66. The summed E-state index contributed by atoms with van der Waals surface area (Å²) in [5.41, 5.74) is -1.78. The quantitative estimate of drug-likeness (QED) is 0.591. The molecule has 1 fully saturated rings. The number of hydrogen-bond donors (Lipinski definition) is 0. The number of halogens is 3. The first-order chi connectivity index (χ1) is 9.00. The van der Waals surface area contributed by atoms with Crippen molar-refractivity contribution < 1.29 is 32.2 Å². The normalized spacial score (nSPS) is 24.4. The molecule has 1 aliphatic rings. The maximum absolute atomic E-state index is 12.1. The van der Waals surface area contributed by atoms with Crippen molar-refractivity contribution in [2.45, 2.75) is 52.3 Å². The van der Waals surface area contributed by atoms with E-state index in [1.165, 1.54) is 0 Å². The molecule has 0 N–H and O–H groups in total. The van der Waals surface area contributed by atoms with Gasteiger partial charge in [0.1, 0.15) is 5.60 Å². The van der Waals surface area contributed by atoms with Gasteiger partial charge in [0, 0.05) is 5.41 Å². The van der Waals surface area contributed by atoms with Crippen LogP contribution in [0.1, 0.15) is 40.5 Å². The van der Waals surface area contributed by atoms with E-state index < -0.39 is 41.7 Å². The van der Waals surface area contributed by atoms with Crippen LogP contribution in [0.25, 0.3) is 0 Å². The van der Waals surface area contributed by atoms with Gasteiger partial charge in [0.25, 0.3) is 0 Å². The Kier molecular flexibility index (Phi) is 4.41. The number of cyclic esters (lactones) is 1. The molecule has 20 heavy (non-hydrogen) atoms. The molecule has 0 bridgehead atoms. The second-order valence-electron chi connectivity index (χ2n) is 5.50. The van der Waals surface area contributed by atoms with E-state index in [1.54, 1.807) is 13.8 Å². The van der Waals surface area contributed by atoms with E-state index in [2.05, 4.69) is 4.74 Å². The van der Waals surface area contributed by atoms with Crippen molar-refractivity contribution in [2.24, 2.45) is 11.3 Å². The van der Waals surface area contributed by atoms with Crippen molar-refractivity contribution in [3.8, 4) is 0 Å². The van der Waals surface area contributed by atoms with Crippen molar-refractivity contribution in [1.29, 1.82) is 0 Å². The van der Waals surface area contributed by atoms with E-state index in [0.717, 1.165) is 0 Å². The minimum absolute atomic E-state index is 0.477. The first-order valence-corrected chi connectivity index (χ1v) is 6.47. The summed E-state index contributed by atoms with van der Waals surface area (Å²) in [5.74, 6) is -3.32. The van der Waals surface area contributed by atoms with Crippen LogP contribution in [0.15, 0.2) is 0 Å². The molecule has 1 saturated heterocycles. The summed E-state index contributed by atoms with van der Waals surface area (Å²) in [6, 6.07) is 0. The average molecular weight is 296 g/mol. The highest BCUT2D eigenvalue weighted by molar-refractivity contribution is 5.98. The highest BCUT2D eigenvalue weighted by Gasteiger charge is 2.63. The Labute approximate surface area is 115 Å². The first-order valence-electron chi connectivity index (χ1n) is 6.47. The molecule has 1 aliphatic heterocycles. The topological polar surface area (TPSA) is 52.6 Å². The Balaban J connectivity index is 2.95. The van der Waals surface area contributed by atoms with Gasteiger partial charge in [0.05, 0.1) is 0 Å². The van der Waals surface area contributed by atoms with Crippen molar-refractivity contribution >= 4 is 11.9 Å². The van der Waals surface area contributed by atoms with Gasteiger partial charge in [-0.1, -0.05) is 27.7 Å². The molecule has 0 radical (unpaired) electrons. The van der Waals surface area contributed by atoms with Crippen LogP contribution < -0.4 is 0 Å². The van der Waals surface area contributed by atoms with Gasteiger partial charge >= 0.3 is 18.1 Å². The van der Waals surface area contributed by atoms with E-state index in [4.69, 9.17) is 4.74 Å². The summed E-state index contributed by atoms with van der Waals surface area (Å²) in [5, 5.41) is 0. The van der Waals surface area contributed by atoms with Crippen LogP contribution >= 0.6 is 0 Å². The number of esters is 2. The molecule has 0 aromatic carbocycles. The summed E-state index contributed by atoms with van der Waals surface area (Å²) in [6.45, 7) is 5.20. The maximum Gasteiger partial charge on any atom is 0.422 e. The van der Waals surface area contributed by atoms with Crippen LogP contribution in [-0.2, 0) is 19.1 Å². The van der Waals surface area contributed by atoms with Gasteiger partial charge in [0.15, 0.2) is 12.5 Å². The standard InChI is InChI=1S/C13H19F3O4/c1-5-12(6-2)11(3,4)8(10(18)20-12)9(17)19-7-13(14,15)16/h8H,5-7H2,1-4H3. The Morgan fingerprint density at radius 3 is 2.15 bits per heavy atom. The van der Waals surface area contributed by atoms with E-state index in [9.17, 15) is 22.8 Å². The summed E-state index contributed by atoms with van der Waals surface area (Å²) < 4.78 is 45.8. The molecule has 4 nitrogen and oxygen atoms in total. The molecule has 0 aromatic heterocycles. The van der Waals surface area contributed by atoms with Gasteiger partial charge in [-0.15, -0.1) is 0 Å². The Bertz CT molecular complexity index is 397. The van der Waals surface area contributed by atoms with E-state index in [-0.39, 0.29) is 0 Å². The van der Waals surface area contributed by atoms with Gasteiger partial charge in [-0.05, 0) is 12.8 Å². The second kappa shape index (κ2) is 5.26. The highest BCUT2D eigenvalue weighted by atomic mass is 19.4. The molecule has 0 spiro atoms. The molecule has 7 heteroatoms. The predicted octanol–water partition coefficient (Wildman–Crippen LogP) is 2.85. The summed E-state index contributed by atoms with van der Waals surface area (Å²) in [7, 11) is 0. The minimum atomic E-state index is -4.62. The Morgan fingerprint density at radius 2 is 1.80 bits per heavy atom.